The number of aromatic hydroxyl groups is 1. The van der Waals surface area contributed by atoms with Crippen LogP contribution in [0.3, 0.4) is 0 Å². The zero-order valence-electron chi connectivity index (χ0n) is 14.2. The number of carbonyl (C=O) groups is 1. The number of nitrogens with one attached hydrogen (secondary N) is 1. The lowest BCUT2D eigenvalue weighted by Crippen LogP contribution is -2.32. The van der Waals surface area contributed by atoms with Crippen LogP contribution in [0, 0.1) is 16.0 Å². The Bertz CT molecular complexity index is 970. The van der Waals surface area contributed by atoms with Gasteiger partial charge in [0.05, 0.1) is 16.4 Å². The molecule has 3 aromatic rings. The molecule has 134 valence electrons. The number of rotatable bonds is 5. The fourth-order valence-corrected chi connectivity index (χ4v) is 3.46. The highest BCUT2D eigenvalue weighted by Crippen LogP contribution is 2.40. The maximum atomic E-state index is 12.3. The summed E-state index contributed by atoms with van der Waals surface area (Å²) < 4.78 is 0. The number of non-ortho nitro benzene ring substituents is 1. The van der Waals surface area contributed by atoms with E-state index in [9.17, 15) is 20.0 Å². The van der Waals surface area contributed by atoms with E-state index in [2.05, 4.69) is 10.3 Å². The van der Waals surface area contributed by atoms with Crippen molar-refractivity contribution in [2.75, 3.05) is 0 Å². The molecule has 0 saturated heterocycles. The first-order valence-corrected chi connectivity index (χ1v) is 8.87. The first kappa shape index (κ1) is 17.8. The van der Waals surface area contributed by atoms with Crippen molar-refractivity contribution in [1.82, 2.24) is 10.3 Å². The number of thiophene rings is 1. The minimum absolute atomic E-state index is 0.136. The summed E-state index contributed by atoms with van der Waals surface area (Å²) in [4.78, 5) is 28.2. The molecule has 0 bridgehead atoms. The van der Waals surface area contributed by atoms with Crippen LogP contribution in [0.15, 0.2) is 41.9 Å². The molecular weight excluding hydrogens is 354 g/mol. The van der Waals surface area contributed by atoms with Gasteiger partial charge in [0, 0.05) is 28.6 Å². The summed E-state index contributed by atoms with van der Waals surface area (Å²) >= 11 is 1.39. The number of amides is 1. The molecule has 0 aliphatic rings. The van der Waals surface area contributed by atoms with Crippen molar-refractivity contribution in [3.05, 3.63) is 62.5 Å². The highest BCUT2D eigenvalue weighted by atomic mass is 32.1. The number of hydrogen-bond donors (Lipinski definition) is 2. The molecule has 2 aromatic heterocycles. The van der Waals surface area contributed by atoms with Gasteiger partial charge < -0.3 is 10.4 Å². The van der Waals surface area contributed by atoms with E-state index in [-0.39, 0.29) is 39.7 Å². The van der Waals surface area contributed by atoms with Gasteiger partial charge in [-0.3, -0.25) is 19.9 Å². The topological polar surface area (TPSA) is 105 Å². The fourth-order valence-electron chi connectivity index (χ4n) is 2.67. The van der Waals surface area contributed by atoms with Gasteiger partial charge in [0.2, 0.25) is 5.91 Å². The maximum absolute atomic E-state index is 12.3. The summed E-state index contributed by atoms with van der Waals surface area (Å²) in [6.45, 7) is 3.51. The van der Waals surface area contributed by atoms with Crippen molar-refractivity contribution >= 4 is 33.8 Å². The van der Waals surface area contributed by atoms with Crippen molar-refractivity contribution in [2.45, 2.75) is 19.9 Å². The molecule has 0 fully saturated rings. The van der Waals surface area contributed by atoms with Crippen LogP contribution in [0.25, 0.3) is 10.9 Å². The third-order valence-electron chi connectivity index (χ3n) is 4.02. The van der Waals surface area contributed by atoms with Crippen molar-refractivity contribution in [1.29, 1.82) is 0 Å². The molecule has 0 aliphatic heterocycles. The maximum Gasteiger partial charge on any atom is 0.279 e. The van der Waals surface area contributed by atoms with Crippen LogP contribution in [0.1, 0.15) is 30.3 Å². The van der Waals surface area contributed by atoms with Gasteiger partial charge >= 0.3 is 0 Å². The lowest BCUT2D eigenvalue weighted by Gasteiger charge is -2.21. The van der Waals surface area contributed by atoms with E-state index in [0.29, 0.717) is 0 Å². The Balaban J connectivity index is 2.23. The SMILES string of the molecule is CC(C)C(=O)NC(c1cccs1)c1cc([N+](=O)[O-])c2cccnc2c1O. The third-order valence-corrected chi connectivity index (χ3v) is 4.96. The molecule has 7 nitrogen and oxygen atoms in total. The number of phenols is 1. The number of nitro groups is 1. The molecule has 1 unspecified atom stereocenters. The first-order valence-electron chi connectivity index (χ1n) is 7.99. The Morgan fingerprint density at radius 1 is 1.35 bits per heavy atom. The Hall–Kier alpha value is -3.00. The van der Waals surface area contributed by atoms with E-state index in [1.54, 1.807) is 19.9 Å². The second-order valence-electron chi connectivity index (χ2n) is 6.10. The molecule has 2 heterocycles. The van der Waals surface area contributed by atoms with Gasteiger partial charge in [-0.1, -0.05) is 19.9 Å². The van der Waals surface area contributed by atoms with Crippen LogP contribution < -0.4 is 5.32 Å². The van der Waals surface area contributed by atoms with Crippen molar-refractivity contribution in [3.8, 4) is 5.75 Å². The van der Waals surface area contributed by atoms with E-state index >= 15 is 0 Å². The number of pyridine rings is 1. The highest BCUT2D eigenvalue weighted by Gasteiger charge is 2.27. The van der Waals surface area contributed by atoms with Crippen molar-refractivity contribution in [3.63, 3.8) is 0 Å². The number of phenolic OH excluding ortho intramolecular Hbond substituents is 1. The smallest absolute Gasteiger partial charge is 0.279 e. The molecule has 26 heavy (non-hydrogen) atoms. The van der Waals surface area contributed by atoms with E-state index in [0.717, 1.165) is 4.88 Å². The van der Waals surface area contributed by atoms with Crippen LogP contribution in [-0.2, 0) is 4.79 Å². The molecular formula is C18H17N3O4S. The molecule has 0 aliphatic carbocycles. The number of fused-ring (bicyclic) bond motifs is 1. The molecule has 0 saturated carbocycles. The summed E-state index contributed by atoms with van der Waals surface area (Å²) in [5.74, 6) is -0.659. The zero-order chi connectivity index (χ0) is 18.8. The average molecular weight is 371 g/mol. The molecule has 1 atom stereocenters. The zero-order valence-corrected chi connectivity index (χ0v) is 15.0. The number of nitro benzene ring substituents is 1. The van der Waals surface area contributed by atoms with Gasteiger partial charge in [0.25, 0.3) is 5.69 Å². The number of carbonyl (C=O) groups excluding carboxylic acids is 1. The van der Waals surface area contributed by atoms with Crippen LogP contribution in [0.2, 0.25) is 0 Å². The normalized spacial score (nSPS) is 12.3. The van der Waals surface area contributed by atoms with Gasteiger partial charge in [-0.25, -0.2) is 0 Å². The Labute approximate surface area is 153 Å². The summed E-state index contributed by atoms with van der Waals surface area (Å²) in [7, 11) is 0. The standard InChI is InChI=1S/C18H17N3O4S/c1-10(2)18(23)20-15(14-6-4-8-26-14)12-9-13(21(24)25)11-5-3-7-19-16(11)17(12)22/h3-10,15,22H,1-2H3,(H,20,23). The van der Waals surface area contributed by atoms with Crippen LogP contribution >= 0.6 is 11.3 Å². The van der Waals surface area contributed by atoms with Crippen molar-refractivity contribution < 1.29 is 14.8 Å². The monoisotopic (exact) mass is 371 g/mol. The van der Waals surface area contributed by atoms with E-state index in [1.165, 1.54) is 29.7 Å². The molecule has 1 amide bonds. The molecule has 0 radical (unpaired) electrons. The molecule has 8 heteroatoms. The number of aromatic nitrogens is 1. The number of hydrogen-bond acceptors (Lipinski definition) is 6. The molecule has 2 N–H and O–H groups in total. The van der Waals surface area contributed by atoms with Crippen LogP contribution in [-0.4, -0.2) is 20.9 Å². The minimum atomic E-state index is -0.699. The summed E-state index contributed by atoms with van der Waals surface area (Å²) in [6.07, 6.45) is 1.46. The second kappa shape index (κ2) is 7.09. The van der Waals surface area contributed by atoms with Gasteiger partial charge in [0.15, 0.2) is 0 Å². The Morgan fingerprint density at radius 2 is 2.12 bits per heavy atom. The lowest BCUT2D eigenvalue weighted by molar-refractivity contribution is -0.383. The van der Waals surface area contributed by atoms with Gasteiger partial charge in [-0.05, 0) is 23.6 Å². The molecule has 1 aromatic carbocycles. The number of benzene rings is 1. The van der Waals surface area contributed by atoms with Crippen LogP contribution in [0.4, 0.5) is 5.69 Å². The van der Waals surface area contributed by atoms with Crippen molar-refractivity contribution in [2.24, 2.45) is 5.92 Å². The molecule has 3 rings (SSSR count). The summed E-state index contributed by atoms with van der Waals surface area (Å²) in [6, 6.07) is 7.35. The quantitative estimate of drug-likeness (QED) is 0.524. The summed E-state index contributed by atoms with van der Waals surface area (Å²) in [5.41, 5.74) is 0.220. The van der Waals surface area contributed by atoms with Gasteiger partial charge in [-0.2, -0.15) is 0 Å². The Morgan fingerprint density at radius 3 is 2.73 bits per heavy atom. The predicted molar refractivity (Wildman–Crippen MR) is 99.2 cm³/mol. The van der Waals surface area contributed by atoms with Crippen LogP contribution in [0.5, 0.6) is 5.75 Å². The minimum Gasteiger partial charge on any atom is -0.505 e. The molecule has 0 spiro atoms. The predicted octanol–water partition coefficient (Wildman–Crippen LogP) is 3.77. The highest BCUT2D eigenvalue weighted by molar-refractivity contribution is 7.10. The van der Waals surface area contributed by atoms with E-state index in [1.807, 2.05) is 17.5 Å². The second-order valence-corrected chi connectivity index (χ2v) is 7.08. The van der Waals surface area contributed by atoms with Gasteiger partial charge in [-0.15, -0.1) is 11.3 Å². The van der Waals surface area contributed by atoms with Gasteiger partial charge in [0.1, 0.15) is 11.3 Å². The van der Waals surface area contributed by atoms with E-state index < -0.39 is 11.0 Å². The largest absolute Gasteiger partial charge is 0.505 e. The average Bonchev–Trinajstić information content (AvgIpc) is 3.14. The number of nitrogens with zero attached hydrogens (tertiary/aromatic N) is 2. The fraction of sp³-hybridized carbons (Fsp3) is 0.222. The first-order chi connectivity index (χ1) is 12.4. The summed E-state index contributed by atoms with van der Waals surface area (Å²) in [5, 5.41) is 27.2. The third kappa shape index (κ3) is 3.23. The lowest BCUT2D eigenvalue weighted by atomic mass is 9.99. The van der Waals surface area contributed by atoms with E-state index in [4.69, 9.17) is 0 Å². The Kier molecular flexibility index (Phi) is 4.85.